The molecule has 0 amide bonds. The first-order chi connectivity index (χ1) is 17.8. The molecule has 3 aromatic rings. The molecule has 0 spiro atoms. The third kappa shape index (κ3) is 5.76. The molecule has 1 atom stereocenters. The molecule has 1 aliphatic carbocycles. The standard InChI is InChI=1S/C25H26N2O4.C2HF3O2/c1-14-7-19(15(2)26-21-6-4-3-5-18(21)25(29)30)24-20(8-14)22(28)11-23(31-24)27-12-16-9-17(10-16)13-27;3-2(4,5)1(6)7/h3-8,11,15-17,26H,9-10,12-13H2,1-2H3,(H,29,30);(H,6,7). The van der Waals surface area contributed by atoms with Gasteiger partial charge in [-0.1, -0.05) is 18.2 Å². The number of aromatic carboxylic acids is 1. The topological polar surface area (TPSA) is 120 Å². The number of hydrogen-bond donors (Lipinski definition) is 3. The van der Waals surface area contributed by atoms with Gasteiger partial charge in [0, 0.05) is 30.4 Å². The summed E-state index contributed by atoms with van der Waals surface area (Å²) in [5.41, 5.74) is 3.07. The first-order valence-electron chi connectivity index (χ1n) is 12.1. The lowest BCUT2D eigenvalue weighted by atomic mass is 9.71. The van der Waals surface area contributed by atoms with Crippen LogP contribution in [0.15, 0.2) is 51.7 Å². The van der Waals surface area contributed by atoms with Gasteiger partial charge in [0.25, 0.3) is 0 Å². The Bertz CT molecular complexity index is 1420. The van der Waals surface area contributed by atoms with E-state index in [1.54, 1.807) is 30.3 Å². The summed E-state index contributed by atoms with van der Waals surface area (Å²) in [6.07, 6.45) is -2.52. The fourth-order valence-electron chi connectivity index (χ4n) is 5.06. The van der Waals surface area contributed by atoms with Gasteiger partial charge in [-0.05, 0) is 62.3 Å². The van der Waals surface area contributed by atoms with Crippen LogP contribution in [0.25, 0.3) is 11.0 Å². The number of aliphatic carboxylic acids is 1. The van der Waals surface area contributed by atoms with Crippen molar-refractivity contribution in [3.63, 3.8) is 0 Å². The number of para-hydroxylation sites is 1. The summed E-state index contributed by atoms with van der Waals surface area (Å²) in [4.78, 5) is 35.7. The van der Waals surface area contributed by atoms with Crippen LogP contribution in [0.3, 0.4) is 0 Å². The molecule has 3 N–H and O–H groups in total. The molecule has 1 unspecified atom stereocenters. The molecule has 3 aliphatic rings. The molecule has 1 aromatic heterocycles. The zero-order chi connectivity index (χ0) is 27.8. The van der Waals surface area contributed by atoms with Crippen molar-refractivity contribution in [1.82, 2.24) is 0 Å². The van der Waals surface area contributed by atoms with Crippen LogP contribution < -0.4 is 15.6 Å². The lowest BCUT2D eigenvalue weighted by molar-refractivity contribution is -0.192. The number of anilines is 2. The number of benzene rings is 2. The SMILES string of the molecule is Cc1cc(C(C)Nc2ccccc2C(=O)O)c2oc(N3CC4CC(C4)C3)cc(=O)c2c1.O=C(O)C(F)(F)F. The Morgan fingerprint density at radius 3 is 2.26 bits per heavy atom. The Balaban J connectivity index is 0.000000426. The molecule has 8 nitrogen and oxygen atoms in total. The lowest BCUT2D eigenvalue weighted by Crippen LogP contribution is -2.48. The van der Waals surface area contributed by atoms with Crippen LogP contribution in [-0.2, 0) is 4.79 Å². The van der Waals surface area contributed by atoms with E-state index in [9.17, 15) is 27.9 Å². The van der Waals surface area contributed by atoms with Crippen molar-refractivity contribution in [2.45, 2.75) is 38.9 Å². The van der Waals surface area contributed by atoms with Crippen LogP contribution in [0.4, 0.5) is 24.7 Å². The molecule has 2 aliphatic heterocycles. The molecule has 202 valence electrons. The second-order valence-corrected chi connectivity index (χ2v) is 9.81. The zero-order valence-electron chi connectivity index (χ0n) is 20.7. The Kier molecular flexibility index (Phi) is 7.39. The second kappa shape index (κ2) is 10.4. The molecular weight excluding hydrogens is 505 g/mol. The van der Waals surface area contributed by atoms with Crippen molar-refractivity contribution in [3.8, 4) is 0 Å². The minimum Gasteiger partial charge on any atom is -0.478 e. The van der Waals surface area contributed by atoms with Crippen LogP contribution in [0, 0.1) is 18.8 Å². The predicted octanol–water partition coefficient (Wildman–Crippen LogP) is 5.45. The van der Waals surface area contributed by atoms with Gasteiger partial charge in [0.15, 0.2) is 11.3 Å². The highest BCUT2D eigenvalue weighted by molar-refractivity contribution is 5.94. The molecule has 3 heterocycles. The van der Waals surface area contributed by atoms with Crippen molar-refractivity contribution in [3.05, 3.63) is 69.4 Å². The summed E-state index contributed by atoms with van der Waals surface area (Å²) in [5, 5.41) is 20.5. The Hall–Kier alpha value is -4.02. The monoisotopic (exact) mass is 532 g/mol. The highest BCUT2D eigenvalue weighted by atomic mass is 19.4. The number of nitrogens with one attached hydrogen (secondary N) is 1. The number of halogens is 3. The second-order valence-electron chi connectivity index (χ2n) is 9.81. The number of alkyl halides is 3. The van der Waals surface area contributed by atoms with Crippen LogP contribution in [0.1, 0.15) is 47.3 Å². The number of carbonyl (C=O) groups is 2. The fraction of sp³-hybridized carbons (Fsp3) is 0.370. The predicted molar refractivity (Wildman–Crippen MR) is 135 cm³/mol. The van der Waals surface area contributed by atoms with Crippen molar-refractivity contribution in [2.24, 2.45) is 11.8 Å². The van der Waals surface area contributed by atoms with Gasteiger partial charge in [0.05, 0.1) is 17.0 Å². The zero-order valence-corrected chi connectivity index (χ0v) is 20.7. The van der Waals surface area contributed by atoms with Crippen LogP contribution in [0.2, 0.25) is 0 Å². The summed E-state index contributed by atoms with van der Waals surface area (Å²) >= 11 is 0. The summed E-state index contributed by atoms with van der Waals surface area (Å²) in [7, 11) is 0. The van der Waals surface area contributed by atoms with Gasteiger partial charge in [-0.15, -0.1) is 0 Å². The molecule has 2 bridgehead atoms. The minimum atomic E-state index is -5.08. The number of fused-ring (bicyclic) bond motifs is 3. The normalized spacial score (nSPS) is 19.1. The molecule has 38 heavy (non-hydrogen) atoms. The molecule has 2 aromatic carbocycles. The van der Waals surface area contributed by atoms with Gasteiger partial charge >= 0.3 is 18.1 Å². The summed E-state index contributed by atoms with van der Waals surface area (Å²) in [6, 6.07) is 12.1. The number of aryl methyl sites for hydroxylation is 1. The van der Waals surface area contributed by atoms with Gasteiger partial charge in [-0.25, -0.2) is 9.59 Å². The van der Waals surface area contributed by atoms with E-state index >= 15 is 0 Å². The van der Waals surface area contributed by atoms with Gasteiger partial charge in [0.1, 0.15) is 5.58 Å². The average molecular weight is 533 g/mol. The Morgan fingerprint density at radius 2 is 1.68 bits per heavy atom. The average Bonchev–Trinajstić information content (AvgIpc) is 2.83. The molecule has 2 saturated heterocycles. The van der Waals surface area contributed by atoms with Crippen molar-refractivity contribution < 1.29 is 37.4 Å². The maximum Gasteiger partial charge on any atom is 0.490 e. The maximum absolute atomic E-state index is 13.0. The van der Waals surface area contributed by atoms with Crippen molar-refractivity contribution >= 4 is 34.5 Å². The third-order valence-electron chi connectivity index (χ3n) is 6.83. The minimum absolute atomic E-state index is 0.0430. The number of carboxylic acids is 2. The molecule has 1 saturated carbocycles. The van der Waals surface area contributed by atoms with Crippen LogP contribution in [-0.4, -0.2) is 41.4 Å². The van der Waals surface area contributed by atoms with E-state index in [0.29, 0.717) is 34.4 Å². The number of rotatable bonds is 5. The van der Waals surface area contributed by atoms with E-state index in [4.69, 9.17) is 14.3 Å². The largest absolute Gasteiger partial charge is 0.490 e. The van der Waals surface area contributed by atoms with Gasteiger partial charge < -0.3 is 24.8 Å². The third-order valence-corrected chi connectivity index (χ3v) is 6.83. The van der Waals surface area contributed by atoms with E-state index in [-0.39, 0.29) is 17.0 Å². The highest BCUT2D eigenvalue weighted by Crippen LogP contribution is 2.41. The Morgan fingerprint density at radius 1 is 1.08 bits per heavy atom. The first kappa shape index (κ1) is 27.0. The molecule has 6 rings (SSSR count). The molecule has 3 fully saturated rings. The van der Waals surface area contributed by atoms with E-state index < -0.39 is 18.1 Å². The number of nitrogens with zero attached hydrogens (tertiary/aromatic N) is 1. The number of carboxylic acid groups (broad SMARTS) is 2. The molecule has 11 heteroatoms. The quantitative estimate of drug-likeness (QED) is 0.397. The van der Waals surface area contributed by atoms with Crippen LogP contribution >= 0.6 is 0 Å². The smallest absolute Gasteiger partial charge is 0.478 e. The molecule has 0 radical (unpaired) electrons. The first-order valence-corrected chi connectivity index (χ1v) is 12.1. The van der Waals surface area contributed by atoms with E-state index in [0.717, 1.165) is 24.2 Å². The van der Waals surface area contributed by atoms with Crippen molar-refractivity contribution in [2.75, 3.05) is 23.3 Å². The Labute approximate surface area is 215 Å². The summed E-state index contributed by atoms with van der Waals surface area (Å²) < 4.78 is 38.1. The van der Waals surface area contributed by atoms with Gasteiger partial charge in [0.2, 0.25) is 0 Å². The van der Waals surface area contributed by atoms with E-state index in [1.807, 2.05) is 26.0 Å². The van der Waals surface area contributed by atoms with Crippen LogP contribution in [0.5, 0.6) is 0 Å². The lowest BCUT2D eigenvalue weighted by Gasteiger charge is -2.47. The van der Waals surface area contributed by atoms with E-state index in [1.165, 1.54) is 12.8 Å². The maximum atomic E-state index is 13.0. The summed E-state index contributed by atoms with van der Waals surface area (Å²) in [5.74, 6) is -1.71. The fourth-order valence-corrected chi connectivity index (χ4v) is 5.06. The van der Waals surface area contributed by atoms with E-state index in [2.05, 4.69) is 10.2 Å². The number of piperidine rings is 2. The highest BCUT2D eigenvalue weighted by Gasteiger charge is 2.39. The number of hydrogen-bond acceptors (Lipinski definition) is 6. The van der Waals surface area contributed by atoms with Crippen molar-refractivity contribution in [1.29, 1.82) is 0 Å². The summed E-state index contributed by atoms with van der Waals surface area (Å²) in [6.45, 7) is 5.78. The van der Waals surface area contributed by atoms with Gasteiger partial charge in [-0.3, -0.25) is 4.79 Å². The molecular formula is C27H27F3N2O6. The van der Waals surface area contributed by atoms with Gasteiger partial charge in [-0.2, -0.15) is 13.2 Å².